The van der Waals surface area contributed by atoms with E-state index in [1.54, 1.807) is 12.3 Å². The molecule has 6 heteroatoms. The van der Waals surface area contributed by atoms with Crippen LogP contribution in [0.15, 0.2) is 42.6 Å². The van der Waals surface area contributed by atoms with Gasteiger partial charge in [-0.05, 0) is 30.3 Å². The van der Waals surface area contributed by atoms with Crippen molar-refractivity contribution in [1.29, 1.82) is 0 Å². The maximum absolute atomic E-state index is 12.2. The molecule has 0 aliphatic carbocycles. The fourth-order valence-corrected chi connectivity index (χ4v) is 2.01. The van der Waals surface area contributed by atoms with Gasteiger partial charge in [0.15, 0.2) is 0 Å². The van der Waals surface area contributed by atoms with E-state index in [-0.39, 0.29) is 5.91 Å². The molecule has 3 aromatic rings. The van der Waals surface area contributed by atoms with Gasteiger partial charge in [-0.25, -0.2) is 4.98 Å². The summed E-state index contributed by atoms with van der Waals surface area (Å²) in [7, 11) is 3.77. The quantitative estimate of drug-likeness (QED) is 0.772. The predicted molar refractivity (Wildman–Crippen MR) is 82.6 cm³/mol. The summed E-state index contributed by atoms with van der Waals surface area (Å²) in [4.78, 5) is 18.4. The standard InChI is InChI=1S/C15H15N5O/c1-20(2)14-5-3-4-12(18-14)15(21)17-11-7-6-10-9-16-19-13(10)8-11/h3-9H,1-2H3,(H,16,19)(H,17,21). The van der Waals surface area contributed by atoms with Crippen molar-refractivity contribution in [2.45, 2.75) is 0 Å². The van der Waals surface area contributed by atoms with Crippen molar-refractivity contribution in [2.75, 3.05) is 24.3 Å². The first-order valence-electron chi connectivity index (χ1n) is 6.52. The lowest BCUT2D eigenvalue weighted by molar-refractivity contribution is 0.102. The number of rotatable bonds is 3. The zero-order chi connectivity index (χ0) is 14.8. The summed E-state index contributed by atoms with van der Waals surface area (Å²) in [5, 5.41) is 10.7. The average Bonchev–Trinajstić information content (AvgIpc) is 2.95. The lowest BCUT2D eigenvalue weighted by Gasteiger charge is -2.12. The highest BCUT2D eigenvalue weighted by Gasteiger charge is 2.09. The van der Waals surface area contributed by atoms with Crippen molar-refractivity contribution < 1.29 is 4.79 Å². The van der Waals surface area contributed by atoms with E-state index in [2.05, 4.69) is 20.5 Å². The molecule has 0 aliphatic heterocycles. The molecule has 2 heterocycles. The molecule has 21 heavy (non-hydrogen) atoms. The fraction of sp³-hybridized carbons (Fsp3) is 0.133. The van der Waals surface area contributed by atoms with Crippen molar-refractivity contribution in [3.8, 4) is 0 Å². The van der Waals surface area contributed by atoms with Crippen LogP contribution in [0.5, 0.6) is 0 Å². The van der Waals surface area contributed by atoms with Crippen LogP contribution in [0.4, 0.5) is 11.5 Å². The minimum absolute atomic E-state index is 0.238. The Labute approximate surface area is 121 Å². The van der Waals surface area contributed by atoms with E-state index in [4.69, 9.17) is 0 Å². The first-order valence-corrected chi connectivity index (χ1v) is 6.52. The van der Waals surface area contributed by atoms with Gasteiger partial charge in [-0.15, -0.1) is 0 Å². The maximum atomic E-state index is 12.2. The molecule has 2 aromatic heterocycles. The normalized spacial score (nSPS) is 10.6. The number of amides is 1. The van der Waals surface area contributed by atoms with Gasteiger partial charge in [-0.3, -0.25) is 9.89 Å². The molecule has 1 amide bonds. The highest BCUT2D eigenvalue weighted by molar-refractivity contribution is 6.03. The number of hydrogen-bond donors (Lipinski definition) is 2. The molecule has 0 atom stereocenters. The number of nitrogens with zero attached hydrogens (tertiary/aromatic N) is 3. The van der Waals surface area contributed by atoms with Gasteiger partial charge < -0.3 is 10.2 Å². The molecule has 106 valence electrons. The maximum Gasteiger partial charge on any atom is 0.274 e. The van der Waals surface area contributed by atoms with E-state index in [1.165, 1.54) is 0 Å². The summed E-state index contributed by atoms with van der Waals surface area (Å²) in [5.74, 6) is 0.504. The van der Waals surface area contributed by atoms with Crippen LogP contribution in [-0.4, -0.2) is 35.2 Å². The zero-order valence-corrected chi connectivity index (χ0v) is 11.8. The van der Waals surface area contributed by atoms with Gasteiger partial charge in [0.1, 0.15) is 11.5 Å². The number of pyridine rings is 1. The average molecular weight is 281 g/mol. The molecule has 0 saturated heterocycles. The Hall–Kier alpha value is -2.89. The molecule has 0 aliphatic rings. The second-order valence-electron chi connectivity index (χ2n) is 4.90. The molecule has 2 N–H and O–H groups in total. The van der Waals surface area contributed by atoms with Gasteiger partial charge in [0.25, 0.3) is 5.91 Å². The van der Waals surface area contributed by atoms with Crippen LogP contribution in [0, 0.1) is 0 Å². The Balaban J connectivity index is 1.83. The number of nitrogens with one attached hydrogen (secondary N) is 2. The van der Waals surface area contributed by atoms with Crippen LogP contribution < -0.4 is 10.2 Å². The van der Waals surface area contributed by atoms with E-state index in [0.717, 1.165) is 16.7 Å². The predicted octanol–water partition coefficient (Wildman–Crippen LogP) is 2.28. The first kappa shape index (κ1) is 13.1. The smallest absolute Gasteiger partial charge is 0.274 e. The number of H-pyrrole nitrogens is 1. The third-order valence-electron chi connectivity index (χ3n) is 3.13. The van der Waals surface area contributed by atoms with Crippen molar-refractivity contribution in [2.24, 2.45) is 0 Å². The molecule has 0 saturated carbocycles. The van der Waals surface area contributed by atoms with Crippen LogP contribution in [0.2, 0.25) is 0 Å². The van der Waals surface area contributed by atoms with Crippen LogP contribution in [0.25, 0.3) is 10.9 Å². The van der Waals surface area contributed by atoms with E-state index >= 15 is 0 Å². The van der Waals surface area contributed by atoms with Crippen LogP contribution >= 0.6 is 0 Å². The molecular weight excluding hydrogens is 266 g/mol. The molecule has 0 unspecified atom stereocenters. The molecule has 0 bridgehead atoms. The van der Waals surface area contributed by atoms with E-state index in [0.29, 0.717) is 11.4 Å². The molecule has 0 radical (unpaired) electrons. The number of carbonyl (C=O) groups is 1. The molecule has 3 rings (SSSR count). The number of anilines is 2. The minimum Gasteiger partial charge on any atom is -0.363 e. The van der Waals surface area contributed by atoms with Crippen molar-refractivity contribution in [3.63, 3.8) is 0 Å². The number of aromatic nitrogens is 3. The summed E-state index contributed by atoms with van der Waals surface area (Å²) in [6, 6.07) is 10.9. The zero-order valence-electron chi connectivity index (χ0n) is 11.8. The topological polar surface area (TPSA) is 73.9 Å². The largest absolute Gasteiger partial charge is 0.363 e. The Morgan fingerprint density at radius 3 is 2.90 bits per heavy atom. The molecule has 1 aromatic carbocycles. The molecular formula is C15H15N5O. The monoisotopic (exact) mass is 281 g/mol. The van der Waals surface area contributed by atoms with Gasteiger partial charge in [-0.2, -0.15) is 5.10 Å². The van der Waals surface area contributed by atoms with E-state index < -0.39 is 0 Å². The summed E-state index contributed by atoms with van der Waals surface area (Å²) in [6.45, 7) is 0. The highest BCUT2D eigenvalue weighted by Crippen LogP contribution is 2.17. The lowest BCUT2D eigenvalue weighted by atomic mass is 10.2. The Morgan fingerprint density at radius 1 is 1.24 bits per heavy atom. The van der Waals surface area contributed by atoms with Crippen molar-refractivity contribution >= 4 is 28.3 Å². The Bertz CT molecular complexity index is 793. The van der Waals surface area contributed by atoms with Crippen LogP contribution in [-0.2, 0) is 0 Å². The van der Waals surface area contributed by atoms with E-state index in [9.17, 15) is 4.79 Å². The van der Waals surface area contributed by atoms with Crippen LogP contribution in [0.1, 0.15) is 10.5 Å². The van der Waals surface area contributed by atoms with E-state index in [1.807, 2.05) is 49.3 Å². The van der Waals surface area contributed by atoms with Gasteiger partial charge in [0, 0.05) is 25.2 Å². The number of fused-ring (bicyclic) bond motifs is 1. The number of carbonyl (C=O) groups excluding carboxylic acids is 1. The second kappa shape index (κ2) is 5.24. The summed E-state index contributed by atoms with van der Waals surface area (Å²) in [6.07, 6.45) is 1.74. The summed E-state index contributed by atoms with van der Waals surface area (Å²) >= 11 is 0. The fourth-order valence-electron chi connectivity index (χ4n) is 2.01. The number of hydrogen-bond acceptors (Lipinski definition) is 4. The Kier molecular flexibility index (Phi) is 3.27. The van der Waals surface area contributed by atoms with Gasteiger partial charge >= 0.3 is 0 Å². The number of aromatic amines is 1. The van der Waals surface area contributed by atoms with Gasteiger partial charge in [-0.1, -0.05) is 6.07 Å². The molecule has 6 nitrogen and oxygen atoms in total. The first-order chi connectivity index (χ1) is 10.1. The summed E-state index contributed by atoms with van der Waals surface area (Å²) < 4.78 is 0. The third-order valence-corrected chi connectivity index (χ3v) is 3.13. The highest BCUT2D eigenvalue weighted by atomic mass is 16.1. The molecule has 0 fully saturated rings. The van der Waals surface area contributed by atoms with Crippen molar-refractivity contribution in [1.82, 2.24) is 15.2 Å². The second-order valence-corrected chi connectivity index (χ2v) is 4.90. The SMILES string of the molecule is CN(C)c1cccc(C(=O)Nc2ccc3cn[nH]c3c2)n1. The minimum atomic E-state index is -0.238. The van der Waals surface area contributed by atoms with Gasteiger partial charge in [0.2, 0.25) is 0 Å². The number of benzene rings is 1. The Morgan fingerprint density at radius 2 is 2.10 bits per heavy atom. The van der Waals surface area contributed by atoms with Gasteiger partial charge in [0.05, 0.1) is 11.7 Å². The van der Waals surface area contributed by atoms with Crippen molar-refractivity contribution in [3.05, 3.63) is 48.3 Å². The summed E-state index contributed by atoms with van der Waals surface area (Å²) in [5.41, 5.74) is 1.96. The van der Waals surface area contributed by atoms with Crippen LogP contribution in [0.3, 0.4) is 0 Å². The lowest BCUT2D eigenvalue weighted by Crippen LogP contribution is -2.17. The third kappa shape index (κ3) is 2.69. The molecule has 0 spiro atoms.